The summed E-state index contributed by atoms with van der Waals surface area (Å²) in [5.41, 5.74) is 4.53. The van der Waals surface area contributed by atoms with Crippen LogP contribution in [-0.2, 0) is 17.8 Å². The van der Waals surface area contributed by atoms with Crippen LogP contribution in [0, 0.1) is 6.92 Å². The van der Waals surface area contributed by atoms with Gasteiger partial charge in [0, 0.05) is 17.9 Å². The van der Waals surface area contributed by atoms with Crippen molar-refractivity contribution in [3.63, 3.8) is 0 Å². The highest BCUT2D eigenvalue weighted by molar-refractivity contribution is 7.17. The molecular formula is C19H22N2OS. The van der Waals surface area contributed by atoms with Gasteiger partial charge in [-0.15, -0.1) is 11.3 Å². The van der Waals surface area contributed by atoms with Crippen molar-refractivity contribution in [1.82, 2.24) is 4.57 Å². The Balaban J connectivity index is 1.88. The highest BCUT2D eigenvalue weighted by atomic mass is 32.1. The van der Waals surface area contributed by atoms with Crippen LogP contribution in [0.4, 0.5) is 5.69 Å². The lowest BCUT2D eigenvalue weighted by molar-refractivity contribution is -0.119. The molecule has 0 aliphatic carbocycles. The van der Waals surface area contributed by atoms with Crippen LogP contribution in [0.2, 0.25) is 0 Å². The molecule has 0 saturated heterocycles. The van der Waals surface area contributed by atoms with E-state index in [0.29, 0.717) is 13.1 Å². The summed E-state index contributed by atoms with van der Waals surface area (Å²) in [4.78, 5) is 14.7. The predicted molar refractivity (Wildman–Crippen MR) is 98.4 cm³/mol. The number of nitrogens with zero attached hydrogens (tertiary/aromatic N) is 2. The largest absolute Gasteiger partial charge is 0.335 e. The molecule has 0 aliphatic heterocycles. The maximum absolute atomic E-state index is 12.9. The Bertz CT molecular complexity index is 831. The number of thiophene rings is 1. The molecule has 0 aliphatic rings. The van der Waals surface area contributed by atoms with E-state index in [4.69, 9.17) is 0 Å². The van der Waals surface area contributed by atoms with E-state index >= 15 is 0 Å². The molecule has 1 aromatic carbocycles. The zero-order chi connectivity index (χ0) is 16.4. The molecule has 120 valence electrons. The average Bonchev–Trinajstić information content (AvgIpc) is 3.11. The number of rotatable bonds is 5. The van der Waals surface area contributed by atoms with Gasteiger partial charge in [-0.3, -0.25) is 4.79 Å². The second-order valence-corrected chi connectivity index (χ2v) is 6.65. The van der Waals surface area contributed by atoms with Gasteiger partial charge in [-0.1, -0.05) is 19.1 Å². The third-order valence-corrected chi connectivity index (χ3v) is 5.12. The quantitative estimate of drug-likeness (QED) is 0.671. The van der Waals surface area contributed by atoms with Crippen LogP contribution >= 0.6 is 11.3 Å². The lowest BCUT2D eigenvalue weighted by Gasteiger charge is -2.22. The number of aryl methyl sites for hydroxylation is 2. The second kappa shape index (κ2) is 6.59. The summed E-state index contributed by atoms with van der Waals surface area (Å²) in [5.74, 6) is 0.132. The molecule has 0 saturated carbocycles. The van der Waals surface area contributed by atoms with Gasteiger partial charge in [-0.25, -0.2) is 0 Å². The number of hydrogen-bond acceptors (Lipinski definition) is 2. The maximum Gasteiger partial charge on any atom is 0.246 e. The molecule has 0 N–H and O–H groups in total. The first-order valence-electron chi connectivity index (χ1n) is 8.06. The summed E-state index contributed by atoms with van der Waals surface area (Å²) in [7, 11) is 0. The van der Waals surface area contributed by atoms with Gasteiger partial charge in [-0.2, -0.15) is 0 Å². The van der Waals surface area contributed by atoms with Crippen molar-refractivity contribution in [2.75, 3.05) is 11.4 Å². The van der Waals surface area contributed by atoms with E-state index in [0.717, 1.165) is 23.3 Å². The molecular weight excluding hydrogens is 304 g/mol. The molecule has 0 spiro atoms. The number of carbonyl (C=O) groups excluding carboxylic acids is 1. The molecule has 3 rings (SSSR count). The molecule has 2 aromatic heterocycles. The van der Waals surface area contributed by atoms with Gasteiger partial charge < -0.3 is 9.47 Å². The van der Waals surface area contributed by atoms with Crippen molar-refractivity contribution in [2.45, 2.75) is 33.7 Å². The average molecular weight is 326 g/mol. The first-order valence-corrected chi connectivity index (χ1v) is 8.94. The monoisotopic (exact) mass is 326 g/mol. The van der Waals surface area contributed by atoms with Crippen molar-refractivity contribution >= 4 is 33.1 Å². The van der Waals surface area contributed by atoms with E-state index in [1.165, 1.54) is 10.3 Å². The van der Waals surface area contributed by atoms with Gasteiger partial charge in [0.2, 0.25) is 5.91 Å². The molecule has 2 heterocycles. The van der Waals surface area contributed by atoms with Gasteiger partial charge in [0.25, 0.3) is 0 Å². The van der Waals surface area contributed by atoms with Gasteiger partial charge in [0.15, 0.2) is 0 Å². The highest BCUT2D eigenvalue weighted by Crippen LogP contribution is 2.25. The number of anilines is 1. The first kappa shape index (κ1) is 15.8. The zero-order valence-electron chi connectivity index (χ0n) is 13.9. The Kier molecular flexibility index (Phi) is 4.53. The van der Waals surface area contributed by atoms with Gasteiger partial charge in [0.1, 0.15) is 6.54 Å². The normalized spacial score (nSPS) is 11.1. The summed E-state index contributed by atoms with van der Waals surface area (Å²) in [5, 5.41) is 2.08. The standard InChI is InChI=1S/C19H22N2OS/c1-4-15-7-6-8-16(12-15)20(5-2)19(22)13-21-14(3)11-18-17(21)9-10-23-18/h6-12H,4-5,13H2,1-3H3. The minimum absolute atomic E-state index is 0.132. The van der Waals surface area contributed by atoms with Crippen LogP contribution in [0.25, 0.3) is 10.2 Å². The summed E-state index contributed by atoms with van der Waals surface area (Å²) in [6.45, 7) is 7.29. The molecule has 0 unspecified atom stereocenters. The van der Waals surface area contributed by atoms with Crippen molar-refractivity contribution in [1.29, 1.82) is 0 Å². The molecule has 4 heteroatoms. The molecule has 23 heavy (non-hydrogen) atoms. The third kappa shape index (κ3) is 3.04. The van der Waals surface area contributed by atoms with Crippen LogP contribution < -0.4 is 4.90 Å². The molecule has 0 atom stereocenters. The van der Waals surface area contributed by atoms with Crippen molar-refractivity contribution in [2.24, 2.45) is 0 Å². The topological polar surface area (TPSA) is 25.2 Å². The summed E-state index contributed by atoms with van der Waals surface area (Å²) < 4.78 is 3.35. The van der Waals surface area contributed by atoms with E-state index in [9.17, 15) is 4.79 Å². The maximum atomic E-state index is 12.9. The van der Waals surface area contributed by atoms with Crippen molar-refractivity contribution in [3.8, 4) is 0 Å². The Labute approximate surface area is 141 Å². The predicted octanol–water partition coefficient (Wildman–Crippen LogP) is 4.63. The molecule has 3 aromatic rings. The number of benzene rings is 1. The molecule has 1 amide bonds. The Hall–Kier alpha value is -2.07. The molecule has 0 fully saturated rings. The highest BCUT2D eigenvalue weighted by Gasteiger charge is 2.17. The van der Waals surface area contributed by atoms with Crippen LogP contribution in [0.15, 0.2) is 41.8 Å². The number of aromatic nitrogens is 1. The third-order valence-electron chi connectivity index (χ3n) is 4.27. The van der Waals surface area contributed by atoms with Crippen molar-refractivity contribution in [3.05, 3.63) is 53.0 Å². The molecule has 0 radical (unpaired) electrons. The number of hydrogen-bond donors (Lipinski definition) is 0. The number of amides is 1. The lowest BCUT2D eigenvalue weighted by Crippen LogP contribution is -2.33. The number of carbonyl (C=O) groups is 1. The van der Waals surface area contributed by atoms with E-state index in [1.807, 2.05) is 24.0 Å². The van der Waals surface area contributed by atoms with Gasteiger partial charge in [-0.05, 0) is 55.5 Å². The fraction of sp³-hybridized carbons (Fsp3) is 0.316. The summed E-state index contributed by atoms with van der Waals surface area (Å²) >= 11 is 1.72. The lowest BCUT2D eigenvalue weighted by atomic mass is 10.1. The van der Waals surface area contributed by atoms with Crippen LogP contribution in [0.5, 0.6) is 0 Å². The van der Waals surface area contributed by atoms with E-state index < -0.39 is 0 Å². The zero-order valence-corrected chi connectivity index (χ0v) is 14.7. The van der Waals surface area contributed by atoms with Crippen molar-refractivity contribution < 1.29 is 4.79 Å². The summed E-state index contributed by atoms with van der Waals surface area (Å²) in [6.07, 6.45) is 0.978. The van der Waals surface area contributed by atoms with Gasteiger partial charge in [0.05, 0.1) is 10.2 Å². The Morgan fingerprint density at radius 2 is 2.04 bits per heavy atom. The number of fused-ring (bicyclic) bond motifs is 1. The first-order chi connectivity index (χ1) is 11.1. The second-order valence-electron chi connectivity index (χ2n) is 5.70. The minimum Gasteiger partial charge on any atom is -0.335 e. The van der Waals surface area contributed by atoms with E-state index in [2.05, 4.69) is 48.1 Å². The van der Waals surface area contributed by atoms with Crippen LogP contribution in [0.1, 0.15) is 25.1 Å². The van der Waals surface area contributed by atoms with E-state index in [-0.39, 0.29) is 5.91 Å². The van der Waals surface area contributed by atoms with Crippen LogP contribution in [-0.4, -0.2) is 17.0 Å². The fourth-order valence-electron chi connectivity index (χ4n) is 2.98. The fourth-order valence-corrected chi connectivity index (χ4v) is 3.86. The number of likely N-dealkylation sites (N-methyl/N-ethyl adjacent to an activating group) is 1. The SMILES string of the molecule is CCc1cccc(N(CC)C(=O)Cn2c(C)cc3sccc32)c1. The molecule has 3 nitrogen and oxygen atoms in total. The Morgan fingerprint density at radius 1 is 1.22 bits per heavy atom. The minimum atomic E-state index is 0.132. The Morgan fingerprint density at radius 3 is 2.78 bits per heavy atom. The van der Waals surface area contributed by atoms with E-state index in [1.54, 1.807) is 11.3 Å². The van der Waals surface area contributed by atoms with Crippen LogP contribution in [0.3, 0.4) is 0 Å². The van der Waals surface area contributed by atoms with Gasteiger partial charge >= 0.3 is 0 Å². The smallest absolute Gasteiger partial charge is 0.246 e. The molecule has 0 bridgehead atoms. The summed E-state index contributed by atoms with van der Waals surface area (Å²) in [6, 6.07) is 12.5.